The van der Waals surface area contributed by atoms with Crippen LogP contribution in [0.25, 0.3) is 0 Å². The zero-order valence-electron chi connectivity index (χ0n) is 10.4. The number of aliphatic hydroxyl groups excluding tert-OH is 1. The number of nitrogens with one attached hydrogen (secondary N) is 2. The number of aromatic nitrogens is 2. The number of rotatable bonds is 6. The van der Waals surface area contributed by atoms with Gasteiger partial charge >= 0.3 is 0 Å². The molecule has 6 nitrogen and oxygen atoms in total. The number of aliphatic hydroxyl groups is 1. The molecule has 0 fully saturated rings. The molecule has 0 radical (unpaired) electrons. The van der Waals surface area contributed by atoms with Gasteiger partial charge in [0.1, 0.15) is 0 Å². The number of H-pyrrole nitrogens is 1. The van der Waals surface area contributed by atoms with Gasteiger partial charge in [0.25, 0.3) is 0 Å². The molecule has 0 saturated carbocycles. The highest BCUT2D eigenvalue weighted by Crippen LogP contribution is 2.25. The van der Waals surface area contributed by atoms with Crippen LogP contribution in [0.15, 0.2) is 23.5 Å². The van der Waals surface area contributed by atoms with Gasteiger partial charge in [0.15, 0.2) is 0 Å². The summed E-state index contributed by atoms with van der Waals surface area (Å²) < 4.78 is 26.7. The fourth-order valence-electron chi connectivity index (χ4n) is 1.69. The average molecular weight is 301 g/mol. The Labute approximate surface area is 115 Å². The quantitative estimate of drug-likeness (QED) is 0.735. The third kappa shape index (κ3) is 3.41. The van der Waals surface area contributed by atoms with Crippen LogP contribution in [0, 0.1) is 6.92 Å². The van der Waals surface area contributed by atoms with Gasteiger partial charge in [0, 0.05) is 34.6 Å². The summed E-state index contributed by atoms with van der Waals surface area (Å²) in [5.41, 5.74) is 0.876. The zero-order chi connectivity index (χ0) is 13.9. The lowest BCUT2D eigenvalue weighted by molar-refractivity contribution is 0.285. The fraction of sp³-hybridized carbons (Fsp3) is 0.364. The van der Waals surface area contributed by atoms with Gasteiger partial charge in [0.05, 0.1) is 17.8 Å². The number of hydrogen-bond donors (Lipinski definition) is 3. The van der Waals surface area contributed by atoms with Gasteiger partial charge in [-0.2, -0.15) is 0 Å². The number of imidazole rings is 1. The smallest absolute Gasteiger partial charge is 0.241 e. The van der Waals surface area contributed by atoms with Gasteiger partial charge in [-0.1, -0.05) is 0 Å². The Kier molecular flexibility index (Phi) is 4.35. The van der Waals surface area contributed by atoms with E-state index in [9.17, 15) is 8.42 Å². The molecule has 19 heavy (non-hydrogen) atoms. The average Bonchev–Trinajstić information content (AvgIpc) is 2.98. The summed E-state index contributed by atoms with van der Waals surface area (Å²) in [5.74, 6) is 0. The molecule has 2 aromatic rings. The lowest BCUT2D eigenvalue weighted by atomic mass is 10.3. The van der Waals surface area contributed by atoms with E-state index < -0.39 is 10.0 Å². The van der Waals surface area contributed by atoms with Crippen molar-refractivity contribution < 1.29 is 13.5 Å². The molecular formula is C11H15N3O3S2. The predicted octanol–water partition coefficient (Wildman–Crippen LogP) is 0.793. The number of sulfonamides is 1. The molecule has 104 valence electrons. The Bertz CT molecular complexity index is 632. The number of aryl methyl sites for hydroxylation is 1. The van der Waals surface area contributed by atoms with Crippen LogP contribution in [-0.2, 0) is 23.1 Å². The van der Waals surface area contributed by atoms with Crippen LogP contribution < -0.4 is 4.72 Å². The van der Waals surface area contributed by atoms with E-state index in [1.807, 2.05) is 0 Å². The molecule has 2 heterocycles. The fourth-order valence-corrected chi connectivity index (χ4v) is 4.21. The van der Waals surface area contributed by atoms with Gasteiger partial charge in [-0.25, -0.2) is 18.1 Å². The first-order valence-electron chi connectivity index (χ1n) is 5.70. The van der Waals surface area contributed by atoms with Crippen LogP contribution in [0.3, 0.4) is 0 Å². The molecule has 0 bridgehead atoms. The SMILES string of the molecule is Cc1sc(CO)cc1S(=O)(=O)NCCc1cnc[nH]1. The van der Waals surface area contributed by atoms with Crippen LogP contribution in [0.4, 0.5) is 0 Å². The van der Waals surface area contributed by atoms with E-state index >= 15 is 0 Å². The molecule has 0 atom stereocenters. The lowest BCUT2D eigenvalue weighted by Crippen LogP contribution is -2.26. The Balaban J connectivity index is 2.03. The molecule has 0 unspecified atom stereocenters. The summed E-state index contributed by atoms with van der Waals surface area (Å²) in [6.07, 6.45) is 3.77. The van der Waals surface area contributed by atoms with Crippen molar-refractivity contribution in [2.75, 3.05) is 6.54 Å². The standard InChI is InChI=1S/C11H15N3O3S2/c1-8-11(4-10(6-15)18-8)19(16,17)14-3-2-9-5-12-7-13-9/h4-5,7,14-15H,2-3,6H2,1H3,(H,12,13). The summed E-state index contributed by atoms with van der Waals surface area (Å²) in [5, 5.41) is 9.03. The molecule has 0 aromatic carbocycles. The van der Waals surface area contributed by atoms with E-state index in [-0.39, 0.29) is 11.5 Å². The minimum atomic E-state index is -3.52. The molecule has 0 saturated heterocycles. The molecule has 2 aromatic heterocycles. The van der Waals surface area contributed by atoms with E-state index in [1.165, 1.54) is 17.4 Å². The van der Waals surface area contributed by atoms with E-state index in [4.69, 9.17) is 5.11 Å². The molecule has 8 heteroatoms. The first kappa shape index (κ1) is 14.2. The minimum absolute atomic E-state index is 0.144. The molecule has 0 aliphatic heterocycles. The van der Waals surface area contributed by atoms with Crippen molar-refractivity contribution in [2.24, 2.45) is 0 Å². The Morgan fingerprint density at radius 3 is 2.89 bits per heavy atom. The van der Waals surface area contributed by atoms with E-state index in [2.05, 4.69) is 14.7 Å². The van der Waals surface area contributed by atoms with Crippen LogP contribution >= 0.6 is 11.3 Å². The summed E-state index contributed by atoms with van der Waals surface area (Å²) in [6.45, 7) is 1.89. The van der Waals surface area contributed by atoms with Gasteiger partial charge in [-0.15, -0.1) is 11.3 Å². The molecule has 0 aliphatic rings. The number of aromatic amines is 1. The van der Waals surface area contributed by atoms with Crippen molar-refractivity contribution in [1.82, 2.24) is 14.7 Å². The first-order chi connectivity index (χ1) is 9.03. The zero-order valence-corrected chi connectivity index (χ0v) is 12.0. The van der Waals surface area contributed by atoms with Crippen molar-refractivity contribution in [3.05, 3.63) is 34.0 Å². The molecule has 2 rings (SSSR count). The normalized spacial score (nSPS) is 11.9. The number of hydrogen-bond acceptors (Lipinski definition) is 5. The largest absolute Gasteiger partial charge is 0.391 e. The summed E-state index contributed by atoms with van der Waals surface area (Å²) >= 11 is 1.29. The van der Waals surface area contributed by atoms with Gasteiger partial charge in [-0.3, -0.25) is 0 Å². The predicted molar refractivity (Wildman–Crippen MR) is 72.5 cm³/mol. The Morgan fingerprint density at radius 1 is 1.53 bits per heavy atom. The van der Waals surface area contributed by atoms with Crippen LogP contribution in [0.2, 0.25) is 0 Å². The topological polar surface area (TPSA) is 95.1 Å². The van der Waals surface area contributed by atoms with Gasteiger partial charge in [-0.05, 0) is 13.0 Å². The van der Waals surface area contributed by atoms with Gasteiger partial charge < -0.3 is 10.1 Å². The number of nitrogens with zero attached hydrogens (tertiary/aromatic N) is 1. The van der Waals surface area contributed by atoms with Crippen molar-refractivity contribution in [3.8, 4) is 0 Å². The maximum absolute atomic E-state index is 12.1. The van der Waals surface area contributed by atoms with E-state index in [0.717, 1.165) is 5.69 Å². The highest BCUT2D eigenvalue weighted by molar-refractivity contribution is 7.89. The van der Waals surface area contributed by atoms with Crippen molar-refractivity contribution in [1.29, 1.82) is 0 Å². The monoisotopic (exact) mass is 301 g/mol. The number of thiophene rings is 1. The van der Waals surface area contributed by atoms with Crippen molar-refractivity contribution >= 4 is 21.4 Å². The van der Waals surface area contributed by atoms with Crippen LogP contribution in [0.5, 0.6) is 0 Å². The molecule has 0 spiro atoms. The maximum Gasteiger partial charge on any atom is 0.241 e. The van der Waals surface area contributed by atoms with Crippen molar-refractivity contribution in [2.45, 2.75) is 24.8 Å². The second-order valence-electron chi connectivity index (χ2n) is 4.02. The van der Waals surface area contributed by atoms with Crippen LogP contribution in [0.1, 0.15) is 15.4 Å². The Morgan fingerprint density at radius 2 is 2.32 bits per heavy atom. The molecule has 0 amide bonds. The summed E-state index contributed by atoms with van der Waals surface area (Å²) in [6, 6.07) is 1.51. The summed E-state index contributed by atoms with van der Waals surface area (Å²) in [4.78, 5) is 8.34. The minimum Gasteiger partial charge on any atom is -0.391 e. The molecule has 3 N–H and O–H groups in total. The summed E-state index contributed by atoms with van der Waals surface area (Å²) in [7, 11) is -3.52. The van der Waals surface area contributed by atoms with E-state index in [1.54, 1.807) is 19.4 Å². The molecule has 0 aliphatic carbocycles. The second-order valence-corrected chi connectivity index (χ2v) is 7.09. The van der Waals surface area contributed by atoms with Crippen LogP contribution in [-0.4, -0.2) is 30.0 Å². The maximum atomic E-state index is 12.1. The first-order valence-corrected chi connectivity index (χ1v) is 8.00. The third-order valence-electron chi connectivity index (χ3n) is 2.61. The lowest BCUT2D eigenvalue weighted by Gasteiger charge is -2.05. The van der Waals surface area contributed by atoms with Gasteiger partial charge in [0.2, 0.25) is 10.0 Å². The highest BCUT2D eigenvalue weighted by atomic mass is 32.2. The molecular weight excluding hydrogens is 286 g/mol. The van der Waals surface area contributed by atoms with E-state index in [0.29, 0.717) is 22.7 Å². The van der Waals surface area contributed by atoms with Crippen molar-refractivity contribution in [3.63, 3.8) is 0 Å². The Hall–Kier alpha value is -1.22. The highest BCUT2D eigenvalue weighted by Gasteiger charge is 2.19. The second kappa shape index (κ2) is 5.83. The third-order valence-corrected chi connectivity index (χ3v) is 5.36.